The number of anilines is 1. The van der Waals surface area contributed by atoms with Gasteiger partial charge in [-0.3, -0.25) is 4.79 Å². The number of nitrogens with zero attached hydrogens (tertiary/aromatic N) is 2. The zero-order valence-electron chi connectivity index (χ0n) is 12.6. The van der Waals surface area contributed by atoms with Crippen molar-refractivity contribution < 1.29 is 4.79 Å². The van der Waals surface area contributed by atoms with Gasteiger partial charge in [-0.05, 0) is 25.0 Å². The molecule has 1 aromatic carbocycles. The van der Waals surface area contributed by atoms with Crippen molar-refractivity contribution in [1.82, 2.24) is 4.90 Å². The Labute approximate surface area is 136 Å². The number of amides is 1. The molecule has 2 rings (SSSR count). The van der Waals surface area contributed by atoms with Gasteiger partial charge < -0.3 is 9.80 Å². The van der Waals surface area contributed by atoms with Gasteiger partial charge in [-0.15, -0.1) is 0 Å². The Hall–Kier alpha value is -0.930. The third-order valence-electron chi connectivity index (χ3n) is 4.18. The average molecular weight is 329 g/mol. The van der Waals surface area contributed by atoms with Crippen LogP contribution in [0.1, 0.15) is 26.7 Å². The summed E-state index contributed by atoms with van der Waals surface area (Å²) in [4.78, 5) is 16.5. The van der Waals surface area contributed by atoms with E-state index in [2.05, 4.69) is 18.7 Å². The molecule has 0 radical (unpaired) electrons. The molecule has 1 aliphatic rings. The molecule has 0 spiro atoms. The third-order valence-corrected chi connectivity index (χ3v) is 4.79. The largest absolute Gasteiger partial charge is 0.366 e. The first-order valence-corrected chi connectivity index (χ1v) is 8.31. The SMILES string of the molecule is CCC(CC)C(=O)N1CCN(c2c(Cl)cccc2Cl)CC1. The predicted octanol–water partition coefficient (Wildman–Crippen LogP) is 4.08. The second kappa shape index (κ2) is 7.37. The molecule has 3 nitrogen and oxygen atoms in total. The molecular formula is C16H22Cl2N2O. The van der Waals surface area contributed by atoms with Gasteiger partial charge in [-0.2, -0.15) is 0 Å². The van der Waals surface area contributed by atoms with Gasteiger partial charge in [0.1, 0.15) is 0 Å². The van der Waals surface area contributed by atoms with E-state index in [1.165, 1.54) is 0 Å². The number of halogens is 2. The number of rotatable bonds is 4. The minimum Gasteiger partial charge on any atom is -0.366 e. The number of hydrogen-bond donors (Lipinski definition) is 0. The summed E-state index contributed by atoms with van der Waals surface area (Å²) in [5, 5.41) is 1.34. The summed E-state index contributed by atoms with van der Waals surface area (Å²) in [7, 11) is 0. The maximum absolute atomic E-state index is 12.4. The van der Waals surface area contributed by atoms with Gasteiger partial charge in [0.15, 0.2) is 0 Å². The van der Waals surface area contributed by atoms with Crippen LogP contribution in [0.5, 0.6) is 0 Å². The monoisotopic (exact) mass is 328 g/mol. The van der Waals surface area contributed by atoms with Crippen molar-refractivity contribution in [2.24, 2.45) is 5.92 Å². The summed E-state index contributed by atoms with van der Waals surface area (Å²) < 4.78 is 0. The smallest absolute Gasteiger partial charge is 0.225 e. The Morgan fingerprint density at radius 3 is 2.10 bits per heavy atom. The van der Waals surface area contributed by atoms with E-state index in [1.54, 1.807) is 0 Å². The summed E-state index contributed by atoms with van der Waals surface area (Å²) in [6.45, 7) is 7.16. The second-order valence-electron chi connectivity index (χ2n) is 5.40. The van der Waals surface area contributed by atoms with Crippen molar-refractivity contribution >= 4 is 34.8 Å². The molecule has 5 heteroatoms. The zero-order chi connectivity index (χ0) is 15.4. The Morgan fingerprint density at radius 1 is 1.10 bits per heavy atom. The number of piperazine rings is 1. The molecule has 116 valence electrons. The Balaban J connectivity index is 2.02. The number of benzene rings is 1. The topological polar surface area (TPSA) is 23.6 Å². The van der Waals surface area contributed by atoms with Crippen LogP contribution in [0, 0.1) is 5.92 Å². The molecule has 0 aromatic heterocycles. The summed E-state index contributed by atoms with van der Waals surface area (Å²) >= 11 is 12.5. The molecule has 21 heavy (non-hydrogen) atoms. The van der Waals surface area contributed by atoms with E-state index in [0.717, 1.165) is 44.7 Å². The van der Waals surface area contributed by atoms with Crippen LogP contribution in [0.4, 0.5) is 5.69 Å². The number of para-hydroxylation sites is 1. The molecule has 1 amide bonds. The van der Waals surface area contributed by atoms with Crippen molar-refractivity contribution in [2.45, 2.75) is 26.7 Å². The molecule has 0 bridgehead atoms. The molecule has 1 fully saturated rings. The molecule has 1 aromatic rings. The third kappa shape index (κ3) is 3.64. The van der Waals surface area contributed by atoms with Crippen molar-refractivity contribution in [3.8, 4) is 0 Å². The lowest BCUT2D eigenvalue weighted by Crippen LogP contribution is -2.50. The lowest BCUT2D eigenvalue weighted by Gasteiger charge is -2.38. The standard InChI is InChI=1S/C16H22Cl2N2O/c1-3-12(4-2)16(21)20-10-8-19(9-11-20)15-13(17)6-5-7-14(15)18/h5-7,12H,3-4,8-11H2,1-2H3. The number of hydrogen-bond acceptors (Lipinski definition) is 2. The molecule has 0 saturated carbocycles. The van der Waals surface area contributed by atoms with Crippen LogP contribution < -0.4 is 4.90 Å². The van der Waals surface area contributed by atoms with Crippen LogP contribution in [0.2, 0.25) is 10.0 Å². The first-order valence-electron chi connectivity index (χ1n) is 7.56. The van der Waals surface area contributed by atoms with Crippen molar-refractivity contribution in [1.29, 1.82) is 0 Å². The molecule has 1 saturated heterocycles. The fourth-order valence-corrected chi connectivity index (χ4v) is 3.47. The molecule has 0 unspecified atom stereocenters. The maximum Gasteiger partial charge on any atom is 0.225 e. The first kappa shape index (κ1) is 16.4. The van der Waals surface area contributed by atoms with Gasteiger partial charge in [0.25, 0.3) is 0 Å². The highest BCUT2D eigenvalue weighted by Crippen LogP contribution is 2.34. The van der Waals surface area contributed by atoms with E-state index in [-0.39, 0.29) is 11.8 Å². The van der Waals surface area contributed by atoms with Crippen LogP contribution in [-0.4, -0.2) is 37.0 Å². The first-order chi connectivity index (χ1) is 10.1. The maximum atomic E-state index is 12.4. The summed E-state index contributed by atoms with van der Waals surface area (Å²) in [6, 6.07) is 5.55. The van der Waals surface area contributed by atoms with E-state index in [1.807, 2.05) is 23.1 Å². The van der Waals surface area contributed by atoms with E-state index < -0.39 is 0 Å². The normalized spacial score (nSPS) is 15.7. The highest BCUT2D eigenvalue weighted by Gasteiger charge is 2.26. The Morgan fingerprint density at radius 2 is 1.62 bits per heavy atom. The highest BCUT2D eigenvalue weighted by atomic mass is 35.5. The van der Waals surface area contributed by atoms with Gasteiger partial charge in [-0.1, -0.05) is 43.1 Å². The number of carbonyl (C=O) groups excluding carboxylic acids is 1. The summed E-state index contributed by atoms with van der Waals surface area (Å²) in [5.74, 6) is 0.436. The quantitative estimate of drug-likeness (QED) is 0.831. The van der Waals surface area contributed by atoms with E-state index in [0.29, 0.717) is 10.0 Å². The van der Waals surface area contributed by atoms with E-state index in [4.69, 9.17) is 23.2 Å². The molecule has 1 aliphatic heterocycles. The summed E-state index contributed by atoms with van der Waals surface area (Å²) in [6.07, 6.45) is 1.82. The van der Waals surface area contributed by atoms with Gasteiger partial charge >= 0.3 is 0 Å². The molecule has 0 N–H and O–H groups in total. The highest BCUT2D eigenvalue weighted by molar-refractivity contribution is 6.39. The fourth-order valence-electron chi connectivity index (χ4n) is 2.84. The van der Waals surface area contributed by atoms with Gasteiger partial charge in [0, 0.05) is 32.1 Å². The van der Waals surface area contributed by atoms with E-state index >= 15 is 0 Å². The van der Waals surface area contributed by atoms with Crippen LogP contribution in [0.3, 0.4) is 0 Å². The Kier molecular flexibility index (Phi) is 5.77. The zero-order valence-corrected chi connectivity index (χ0v) is 14.1. The fraction of sp³-hybridized carbons (Fsp3) is 0.562. The summed E-state index contributed by atoms with van der Waals surface area (Å²) in [5.41, 5.74) is 0.885. The molecular weight excluding hydrogens is 307 g/mol. The van der Waals surface area contributed by atoms with Crippen LogP contribution in [0.25, 0.3) is 0 Å². The van der Waals surface area contributed by atoms with Crippen LogP contribution in [-0.2, 0) is 4.79 Å². The minimum atomic E-state index is 0.153. The van der Waals surface area contributed by atoms with Crippen molar-refractivity contribution in [3.63, 3.8) is 0 Å². The van der Waals surface area contributed by atoms with Gasteiger partial charge in [-0.25, -0.2) is 0 Å². The minimum absolute atomic E-state index is 0.153. The second-order valence-corrected chi connectivity index (χ2v) is 6.21. The average Bonchev–Trinajstić information content (AvgIpc) is 2.49. The van der Waals surface area contributed by atoms with E-state index in [9.17, 15) is 4.79 Å². The lowest BCUT2D eigenvalue weighted by molar-refractivity contribution is -0.136. The Bertz CT molecular complexity index is 475. The number of carbonyl (C=O) groups is 1. The lowest BCUT2D eigenvalue weighted by atomic mass is 10.0. The molecule has 1 heterocycles. The van der Waals surface area contributed by atoms with Crippen LogP contribution >= 0.6 is 23.2 Å². The van der Waals surface area contributed by atoms with Gasteiger partial charge in [0.2, 0.25) is 5.91 Å². The molecule has 0 aliphatic carbocycles. The van der Waals surface area contributed by atoms with Crippen LogP contribution in [0.15, 0.2) is 18.2 Å². The van der Waals surface area contributed by atoms with Crippen molar-refractivity contribution in [3.05, 3.63) is 28.2 Å². The van der Waals surface area contributed by atoms with Gasteiger partial charge in [0.05, 0.1) is 15.7 Å². The predicted molar refractivity (Wildman–Crippen MR) is 89.3 cm³/mol. The molecule has 0 atom stereocenters. The van der Waals surface area contributed by atoms with Crippen molar-refractivity contribution in [2.75, 3.05) is 31.1 Å².